The topological polar surface area (TPSA) is 71.1 Å². The fourth-order valence-electron chi connectivity index (χ4n) is 3.40. The van der Waals surface area contributed by atoms with Gasteiger partial charge in [-0.05, 0) is 49.1 Å². The zero-order valence-corrected chi connectivity index (χ0v) is 16.5. The van der Waals surface area contributed by atoms with Gasteiger partial charge in [-0.1, -0.05) is 30.3 Å². The van der Waals surface area contributed by atoms with E-state index in [1.807, 2.05) is 18.2 Å². The summed E-state index contributed by atoms with van der Waals surface area (Å²) in [4.78, 5) is 30.7. The van der Waals surface area contributed by atoms with Gasteiger partial charge in [0, 0.05) is 17.0 Å². The van der Waals surface area contributed by atoms with E-state index >= 15 is 0 Å². The quantitative estimate of drug-likeness (QED) is 0.661. The minimum absolute atomic E-state index is 0.0958. The van der Waals surface area contributed by atoms with Gasteiger partial charge in [0.05, 0.1) is 11.6 Å². The molecule has 1 heterocycles. The Kier molecular flexibility index (Phi) is 5.67. The first-order valence-electron chi connectivity index (χ1n) is 9.48. The standard InChI is InChI=1S/C22H20FN3O2S/c23-16-11-9-14(10-12-16)13-24-21(28)17-7-4-8-18-19(17)25-22(29-18)26-20(27)15-5-2-1-3-6-15/h1-3,5-6,9-12,17H,4,7-8,13H2,(H,24,28)(H,25,26,27)/t17-/m1/s1. The number of nitrogens with zero attached hydrogens (tertiary/aromatic N) is 1. The van der Waals surface area contributed by atoms with Gasteiger partial charge in [0.1, 0.15) is 5.82 Å². The molecule has 1 aromatic heterocycles. The predicted octanol–water partition coefficient (Wildman–Crippen LogP) is 4.27. The first-order chi connectivity index (χ1) is 14.1. The summed E-state index contributed by atoms with van der Waals surface area (Å²) in [5.41, 5.74) is 2.15. The molecule has 29 heavy (non-hydrogen) atoms. The highest BCUT2D eigenvalue weighted by atomic mass is 32.1. The molecule has 0 saturated carbocycles. The third-order valence-electron chi connectivity index (χ3n) is 4.91. The Bertz CT molecular complexity index is 1020. The highest BCUT2D eigenvalue weighted by Gasteiger charge is 2.30. The number of rotatable bonds is 5. The van der Waals surface area contributed by atoms with Crippen molar-refractivity contribution in [1.29, 1.82) is 0 Å². The zero-order valence-electron chi connectivity index (χ0n) is 15.7. The molecule has 0 aliphatic heterocycles. The van der Waals surface area contributed by atoms with Crippen molar-refractivity contribution in [3.8, 4) is 0 Å². The molecule has 3 aromatic rings. The predicted molar refractivity (Wildman–Crippen MR) is 110 cm³/mol. The summed E-state index contributed by atoms with van der Waals surface area (Å²) >= 11 is 1.43. The Hall–Kier alpha value is -3.06. The molecule has 0 fully saturated rings. The molecule has 2 aromatic carbocycles. The average molecular weight is 409 g/mol. The van der Waals surface area contributed by atoms with Crippen molar-refractivity contribution in [1.82, 2.24) is 10.3 Å². The third kappa shape index (κ3) is 4.51. The summed E-state index contributed by atoms with van der Waals surface area (Å²) in [6.07, 6.45) is 2.48. The second-order valence-corrected chi connectivity index (χ2v) is 8.02. The van der Waals surface area contributed by atoms with Gasteiger partial charge in [0.2, 0.25) is 5.91 Å². The Morgan fingerprint density at radius 3 is 2.62 bits per heavy atom. The molecule has 2 amide bonds. The number of hydrogen-bond donors (Lipinski definition) is 2. The van der Waals surface area contributed by atoms with Crippen molar-refractivity contribution in [2.24, 2.45) is 0 Å². The molecule has 1 aliphatic carbocycles. The van der Waals surface area contributed by atoms with Gasteiger partial charge in [-0.2, -0.15) is 0 Å². The Labute approximate surface area is 172 Å². The number of fused-ring (bicyclic) bond motifs is 1. The van der Waals surface area contributed by atoms with Crippen LogP contribution in [0.1, 0.15) is 45.3 Å². The Morgan fingerprint density at radius 1 is 1.10 bits per heavy atom. The third-order valence-corrected chi connectivity index (χ3v) is 5.95. The summed E-state index contributed by atoms with van der Waals surface area (Å²) in [5.74, 6) is -0.946. The molecular weight excluding hydrogens is 389 g/mol. The van der Waals surface area contributed by atoms with E-state index < -0.39 is 0 Å². The van der Waals surface area contributed by atoms with E-state index in [0.717, 1.165) is 35.4 Å². The van der Waals surface area contributed by atoms with E-state index in [9.17, 15) is 14.0 Å². The number of aromatic nitrogens is 1. The minimum Gasteiger partial charge on any atom is -0.351 e. The van der Waals surface area contributed by atoms with Crippen LogP contribution in [0.5, 0.6) is 0 Å². The Balaban J connectivity index is 1.44. The molecule has 4 rings (SSSR count). The zero-order chi connectivity index (χ0) is 20.2. The monoisotopic (exact) mass is 409 g/mol. The second-order valence-electron chi connectivity index (χ2n) is 6.94. The minimum atomic E-state index is -0.335. The van der Waals surface area contributed by atoms with E-state index in [0.29, 0.717) is 17.2 Å². The van der Waals surface area contributed by atoms with Crippen LogP contribution in [0.2, 0.25) is 0 Å². The smallest absolute Gasteiger partial charge is 0.257 e. The molecule has 0 saturated heterocycles. The lowest BCUT2D eigenvalue weighted by molar-refractivity contribution is -0.123. The fraction of sp³-hybridized carbons (Fsp3) is 0.227. The maximum absolute atomic E-state index is 13.0. The number of carbonyl (C=O) groups is 2. The largest absolute Gasteiger partial charge is 0.351 e. The van der Waals surface area contributed by atoms with Crippen LogP contribution in [0.3, 0.4) is 0 Å². The molecule has 2 N–H and O–H groups in total. The lowest BCUT2D eigenvalue weighted by atomic mass is 9.90. The maximum atomic E-state index is 13.0. The highest BCUT2D eigenvalue weighted by molar-refractivity contribution is 7.15. The van der Waals surface area contributed by atoms with E-state index in [1.165, 1.54) is 23.5 Å². The number of thiazole rings is 1. The van der Waals surface area contributed by atoms with Crippen LogP contribution in [0.25, 0.3) is 0 Å². The number of halogens is 1. The van der Waals surface area contributed by atoms with Crippen molar-refractivity contribution in [3.63, 3.8) is 0 Å². The first-order valence-corrected chi connectivity index (χ1v) is 10.3. The number of benzene rings is 2. The number of carbonyl (C=O) groups excluding carboxylic acids is 2. The highest BCUT2D eigenvalue weighted by Crippen LogP contribution is 2.37. The Morgan fingerprint density at radius 2 is 1.86 bits per heavy atom. The van der Waals surface area contributed by atoms with E-state index in [1.54, 1.807) is 24.3 Å². The van der Waals surface area contributed by atoms with E-state index in [2.05, 4.69) is 15.6 Å². The first kappa shape index (κ1) is 19.3. The van der Waals surface area contributed by atoms with Crippen LogP contribution in [-0.2, 0) is 17.8 Å². The van der Waals surface area contributed by atoms with Gasteiger partial charge < -0.3 is 5.32 Å². The van der Waals surface area contributed by atoms with Crippen LogP contribution >= 0.6 is 11.3 Å². The summed E-state index contributed by atoms with van der Waals surface area (Å²) in [6, 6.07) is 15.0. The van der Waals surface area contributed by atoms with Crippen molar-refractivity contribution in [3.05, 3.63) is 82.1 Å². The second kappa shape index (κ2) is 8.53. The molecular formula is C22H20FN3O2S. The summed E-state index contributed by atoms with van der Waals surface area (Å²) in [5, 5.41) is 6.28. The van der Waals surface area contributed by atoms with Crippen molar-refractivity contribution in [2.45, 2.75) is 31.7 Å². The van der Waals surface area contributed by atoms with Gasteiger partial charge >= 0.3 is 0 Å². The number of anilines is 1. The molecule has 1 atom stereocenters. The van der Waals surface area contributed by atoms with Gasteiger partial charge in [0.15, 0.2) is 5.13 Å². The van der Waals surface area contributed by atoms with Crippen LogP contribution in [-0.4, -0.2) is 16.8 Å². The number of amides is 2. The number of aryl methyl sites for hydroxylation is 1. The molecule has 0 radical (unpaired) electrons. The lowest BCUT2D eigenvalue weighted by Gasteiger charge is -2.20. The van der Waals surface area contributed by atoms with Gasteiger partial charge in [-0.25, -0.2) is 9.37 Å². The maximum Gasteiger partial charge on any atom is 0.257 e. The van der Waals surface area contributed by atoms with Gasteiger partial charge in [-0.15, -0.1) is 11.3 Å². The SMILES string of the molecule is O=C(Nc1nc2c(s1)CCC[C@H]2C(=O)NCc1ccc(F)cc1)c1ccccc1. The molecule has 7 heteroatoms. The van der Waals surface area contributed by atoms with Crippen LogP contribution in [0.15, 0.2) is 54.6 Å². The van der Waals surface area contributed by atoms with Crippen LogP contribution in [0, 0.1) is 5.82 Å². The average Bonchev–Trinajstić information content (AvgIpc) is 3.16. The normalized spacial score (nSPS) is 15.4. The van der Waals surface area contributed by atoms with E-state index in [4.69, 9.17) is 0 Å². The summed E-state index contributed by atoms with van der Waals surface area (Å²) in [6.45, 7) is 0.340. The summed E-state index contributed by atoms with van der Waals surface area (Å²) in [7, 11) is 0. The molecule has 5 nitrogen and oxygen atoms in total. The molecule has 0 unspecified atom stereocenters. The van der Waals surface area contributed by atoms with Crippen LogP contribution in [0.4, 0.5) is 9.52 Å². The van der Waals surface area contributed by atoms with Crippen molar-refractivity contribution in [2.75, 3.05) is 5.32 Å². The fourth-order valence-corrected chi connectivity index (χ4v) is 4.46. The number of nitrogens with one attached hydrogen (secondary N) is 2. The van der Waals surface area contributed by atoms with E-state index in [-0.39, 0.29) is 23.5 Å². The van der Waals surface area contributed by atoms with Crippen molar-refractivity contribution >= 4 is 28.3 Å². The van der Waals surface area contributed by atoms with Gasteiger partial charge in [-0.3, -0.25) is 14.9 Å². The molecule has 148 valence electrons. The van der Waals surface area contributed by atoms with Crippen LogP contribution < -0.4 is 10.6 Å². The lowest BCUT2D eigenvalue weighted by Crippen LogP contribution is -2.31. The molecule has 1 aliphatic rings. The van der Waals surface area contributed by atoms with Gasteiger partial charge in [0.25, 0.3) is 5.91 Å². The molecule has 0 bridgehead atoms. The van der Waals surface area contributed by atoms with Crippen molar-refractivity contribution < 1.29 is 14.0 Å². The molecule has 0 spiro atoms. The summed E-state index contributed by atoms with van der Waals surface area (Å²) < 4.78 is 13.0. The number of hydrogen-bond acceptors (Lipinski definition) is 4.